The third-order valence-corrected chi connectivity index (χ3v) is 3.29. The van der Waals surface area contributed by atoms with Crippen molar-refractivity contribution in [2.75, 3.05) is 13.1 Å². The van der Waals surface area contributed by atoms with Gasteiger partial charge in [-0.1, -0.05) is 19.1 Å². The number of amides is 1. The molecule has 0 heterocycles. The summed E-state index contributed by atoms with van der Waals surface area (Å²) < 4.78 is 0. The number of nitro benzene ring substituents is 1. The number of hydrogen-bond donors (Lipinski definition) is 0. The predicted octanol–water partition coefficient (Wildman–Crippen LogP) is 2.86. The van der Waals surface area contributed by atoms with Crippen molar-refractivity contribution in [1.82, 2.24) is 4.90 Å². The first kappa shape index (κ1) is 13.5. The molecule has 1 aromatic rings. The summed E-state index contributed by atoms with van der Waals surface area (Å²) in [4.78, 5) is 24.7. The quantitative estimate of drug-likeness (QED) is 0.585. The van der Waals surface area contributed by atoms with Gasteiger partial charge in [0.15, 0.2) is 0 Å². The first-order valence-electron chi connectivity index (χ1n) is 6.66. The van der Waals surface area contributed by atoms with Gasteiger partial charge >= 0.3 is 0 Å². The summed E-state index contributed by atoms with van der Waals surface area (Å²) in [6.45, 7) is 3.38. The van der Waals surface area contributed by atoms with Gasteiger partial charge in [0.1, 0.15) is 5.56 Å². The van der Waals surface area contributed by atoms with Crippen LogP contribution in [0.15, 0.2) is 24.3 Å². The summed E-state index contributed by atoms with van der Waals surface area (Å²) in [5.74, 6) is 0.360. The van der Waals surface area contributed by atoms with E-state index in [4.69, 9.17) is 0 Å². The number of hydrogen-bond acceptors (Lipinski definition) is 3. The van der Waals surface area contributed by atoms with Crippen LogP contribution in [0.4, 0.5) is 5.69 Å². The fraction of sp³-hybridized carbons (Fsp3) is 0.500. The monoisotopic (exact) mass is 262 g/mol. The zero-order valence-corrected chi connectivity index (χ0v) is 11.0. The lowest BCUT2D eigenvalue weighted by atomic mass is 10.1. The molecule has 1 amide bonds. The van der Waals surface area contributed by atoms with Crippen LogP contribution in [0, 0.1) is 16.0 Å². The van der Waals surface area contributed by atoms with Crippen molar-refractivity contribution >= 4 is 11.6 Å². The van der Waals surface area contributed by atoms with Crippen LogP contribution in [0.5, 0.6) is 0 Å². The smallest absolute Gasteiger partial charge is 0.282 e. The highest BCUT2D eigenvalue weighted by Crippen LogP contribution is 2.30. The zero-order valence-electron chi connectivity index (χ0n) is 11.0. The van der Waals surface area contributed by atoms with Gasteiger partial charge in [-0.25, -0.2) is 0 Å². The minimum atomic E-state index is -0.492. The predicted molar refractivity (Wildman–Crippen MR) is 72.0 cm³/mol. The van der Waals surface area contributed by atoms with Crippen LogP contribution in [0.3, 0.4) is 0 Å². The molecule has 2 rings (SSSR count). The van der Waals surface area contributed by atoms with Gasteiger partial charge in [-0.2, -0.15) is 0 Å². The number of carbonyl (C=O) groups is 1. The van der Waals surface area contributed by atoms with E-state index in [1.807, 2.05) is 6.92 Å². The van der Waals surface area contributed by atoms with Crippen molar-refractivity contribution in [3.8, 4) is 0 Å². The number of carbonyl (C=O) groups excluding carboxylic acids is 1. The van der Waals surface area contributed by atoms with Crippen molar-refractivity contribution in [2.45, 2.75) is 26.2 Å². The SMILES string of the molecule is CCCN(CC1CC1)C(=O)c1ccccc1[N+](=O)[O-]. The molecule has 0 spiro atoms. The number of nitrogens with zero attached hydrogens (tertiary/aromatic N) is 2. The summed E-state index contributed by atoms with van der Waals surface area (Å²) in [7, 11) is 0. The lowest BCUT2D eigenvalue weighted by molar-refractivity contribution is -0.385. The van der Waals surface area contributed by atoms with E-state index in [1.165, 1.54) is 12.1 Å². The molecule has 0 aromatic heterocycles. The number of para-hydroxylation sites is 1. The summed E-state index contributed by atoms with van der Waals surface area (Å²) in [6.07, 6.45) is 3.17. The maximum absolute atomic E-state index is 12.4. The molecule has 0 bridgehead atoms. The third-order valence-electron chi connectivity index (χ3n) is 3.29. The summed E-state index contributed by atoms with van der Waals surface area (Å²) in [6, 6.07) is 6.17. The fourth-order valence-corrected chi connectivity index (χ4v) is 2.14. The second-order valence-corrected chi connectivity index (χ2v) is 4.97. The molecule has 5 nitrogen and oxygen atoms in total. The van der Waals surface area contributed by atoms with E-state index in [0.29, 0.717) is 12.5 Å². The average Bonchev–Trinajstić information content (AvgIpc) is 3.21. The Morgan fingerprint density at radius 1 is 1.42 bits per heavy atom. The van der Waals surface area contributed by atoms with Gasteiger partial charge in [-0.15, -0.1) is 0 Å². The van der Waals surface area contributed by atoms with Gasteiger partial charge in [0, 0.05) is 19.2 Å². The fourth-order valence-electron chi connectivity index (χ4n) is 2.14. The highest BCUT2D eigenvalue weighted by atomic mass is 16.6. The molecular formula is C14H18N2O3. The van der Waals surface area contributed by atoms with Gasteiger partial charge in [-0.3, -0.25) is 14.9 Å². The molecule has 1 aliphatic carbocycles. The van der Waals surface area contributed by atoms with Crippen molar-refractivity contribution in [1.29, 1.82) is 0 Å². The van der Waals surface area contributed by atoms with E-state index in [-0.39, 0.29) is 17.2 Å². The van der Waals surface area contributed by atoms with Gasteiger partial charge in [0.25, 0.3) is 11.6 Å². The van der Waals surface area contributed by atoms with Crippen LogP contribution in [0.2, 0.25) is 0 Å². The lowest BCUT2D eigenvalue weighted by Gasteiger charge is -2.21. The largest absolute Gasteiger partial charge is 0.338 e. The van der Waals surface area contributed by atoms with Crippen LogP contribution >= 0.6 is 0 Å². The summed E-state index contributed by atoms with van der Waals surface area (Å²) >= 11 is 0. The van der Waals surface area contributed by atoms with Gasteiger partial charge in [-0.05, 0) is 31.2 Å². The van der Waals surface area contributed by atoms with E-state index in [2.05, 4.69) is 0 Å². The van der Waals surface area contributed by atoms with E-state index in [9.17, 15) is 14.9 Å². The Balaban J connectivity index is 2.22. The Morgan fingerprint density at radius 3 is 2.68 bits per heavy atom. The molecule has 0 atom stereocenters. The molecule has 102 valence electrons. The minimum absolute atomic E-state index is 0.107. The first-order chi connectivity index (χ1) is 9.13. The number of nitro groups is 1. The Morgan fingerprint density at radius 2 is 2.11 bits per heavy atom. The topological polar surface area (TPSA) is 63.5 Å². The van der Waals surface area contributed by atoms with Gasteiger partial charge in [0.05, 0.1) is 4.92 Å². The molecule has 0 unspecified atom stereocenters. The van der Waals surface area contributed by atoms with Crippen molar-refractivity contribution < 1.29 is 9.72 Å². The Bertz CT molecular complexity index is 483. The lowest BCUT2D eigenvalue weighted by Crippen LogP contribution is -2.34. The van der Waals surface area contributed by atoms with Crippen LogP contribution in [0.1, 0.15) is 36.5 Å². The highest BCUT2D eigenvalue weighted by molar-refractivity contribution is 5.98. The second-order valence-electron chi connectivity index (χ2n) is 4.97. The Hall–Kier alpha value is -1.91. The first-order valence-corrected chi connectivity index (χ1v) is 6.66. The minimum Gasteiger partial charge on any atom is -0.338 e. The zero-order chi connectivity index (χ0) is 13.8. The van der Waals surface area contributed by atoms with E-state index in [0.717, 1.165) is 25.8 Å². The maximum Gasteiger partial charge on any atom is 0.282 e. The van der Waals surface area contributed by atoms with Crippen LogP contribution in [0.25, 0.3) is 0 Å². The maximum atomic E-state index is 12.4. The number of rotatable bonds is 6. The Labute approximate surface area is 112 Å². The molecule has 0 aliphatic heterocycles. The standard InChI is InChI=1S/C14H18N2O3/c1-2-9-15(10-11-7-8-11)14(17)12-5-3-4-6-13(12)16(18)19/h3-6,11H,2,7-10H2,1H3. The van der Waals surface area contributed by atoms with Gasteiger partial charge in [0.2, 0.25) is 0 Å². The Kier molecular flexibility index (Phi) is 4.14. The molecule has 5 heteroatoms. The van der Waals surface area contributed by atoms with E-state index in [1.54, 1.807) is 17.0 Å². The molecular weight excluding hydrogens is 244 g/mol. The van der Waals surface area contributed by atoms with Crippen molar-refractivity contribution in [2.24, 2.45) is 5.92 Å². The van der Waals surface area contributed by atoms with Crippen LogP contribution in [-0.2, 0) is 0 Å². The molecule has 1 fully saturated rings. The number of benzene rings is 1. The van der Waals surface area contributed by atoms with Crippen molar-refractivity contribution in [3.63, 3.8) is 0 Å². The van der Waals surface area contributed by atoms with E-state index < -0.39 is 4.92 Å². The molecule has 1 aromatic carbocycles. The molecule has 1 saturated carbocycles. The van der Waals surface area contributed by atoms with Crippen LogP contribution < -0.4 is 0 Å². The molecule has 0 saturated heterocycles. The van der Waals surface area contributed by atoms with Crippen molar-refractivity contribution in [3.05, 3.63) is 39.9 Å². The van der Waals surface area contributed by atoms with Crippen LogP contribution in [-0.4, -0.2) is 28.8 Å². The van der Waals surface area contributed by atoms with Gasteiger partial charge < -0.3 is 4.90 Å². The molecule has 19 heavy (non-hydrogen) atoms. The molecule has 1 aliphatic rings. The summed E-state index contributed by atoms with van der Waals surface area (Å²) in [5.41, 5.74) is 0.0889. The van der Waals surface area contributed by atoms with E-state index >= 15 is 0 Å². The third kappa shape index (κ3) is 3.30. The second kappa shape index (κ2) is 5.82. The molecule has 0 N–H and O–H groups in total. The summed E-state index contributed by atoms with van der Waals surface area (Å²) in [5, 5.41) is 11.0. The average molecular weight is 262 g/mol. The normalized spacial score (nSPS) is 14.2. The molecule has 0 radical (unpaired) electrons. The highest BCUT2D eigenvalue weighted by Gasteiger charge is 2.29.